The molecule has 0 aliphatic heterocycles. The summed E-state index contributed by atoms with van der Waals surface area (Å²) in [5.41, 5.74) is 1.19. The molecule has 0 fully saturated rings. The van der Waals surface area contributed by atoms with Gasteiger partial charge in [0.1, 0.15) is 5.76 Å². The molecular formula is C14H22N4O. The van der Waals surface area contributed by atoms with Crippen molar-refractivity contribution in [3.05, 3.63) is 35.8 Å². The van der Waals surface area contributed by atoms with E-state index in [2.05, 4.69) is 49.3 Å². The van der Waals surface area contributed by atoms with E-state index in [1.165, 1.54) is 0 Å². The van der Waals surface area contributed by atoms with Crippen LogP contribution in [0.5, 0.6) is 0 Å². The maximum absolute atomic E-state index is 5.54. The van der Waals surface area contributed by atoms with Crippen molar-refractivity contribution in [3.8, 4) is 0 Å². The fourth-order valence-corrected chi connectivity index (χ4v) is 1.73. The van der Waals surface area contributed by atoms with E-state index in [0.29, 0.717) is 6.54 Å². The molecule has 5 heteroatoms. The predicted molar refractivity (Wildman–Crippen MR) is 73.6 cm³/mol. The Morgan fingerprint density at radius 3 is 2.63 bits per heavy atom. The van der Waals surface area contributed by atoms with Crippen molar-refractivity contribution in [1.82, 2.24) is 20.1 Å². The summed E-state index contributed by atoms with van der Waals surface area (Å²) in [6.45, 7) is 9.86. The largest absolute Gasteiger partial charge is 0.444 e. The third kappa shape index (κ3) is 3.67. The number of aromatic nitrogens is 3. The molecule has 0 aliphatic rings. The van der Waals surface area contributed by atoms with Gasteiger partial charge in [-0.1, -0.05) is 6.92 Å². The third-order valence-electron chi connectivity index (χ3n) is 2.88. The topological polar surface area (TPSA) is 55.9 Å². The lowest BCUT2D eigenvalue weighted by Gasteiger charge is -2.18. The van der Waals surface area contributed by atoms with Crippen LogP contribution < -0.4 is 5.32 Å². The second kappa shape index (κ2) is 5.57. The molecule has 0 radical (unpaired) electrons. The van der Waals surface area contributed by atoms with E-state index in [-0.39, 0.29) is 5.54 Å². The van der Waals surface area contributed by atoms with Crippen LogP contribution in [0.4, 0.5) is 0 Å². The van der Waals surface area contributed by atoms with Crippen molar-refractivity contribution in [2.24, 2.45) is 0 Å². The van der Waals surface area contributed by atoms with Gasteiger partial charge in [0.05, 0.1) is 24.5 Å². The van der Waals surface area contributed by atoms with E-state index in [9.17, 15) is 0 Å². The molecule has 104 valence electrons. The highest BCUT2D eigenvalue weighted by Crippen LogP contribution is 2.13. The lowest BCUT2D eigenvalue weighted by Crippen LogP contribution is -2.22. The zero-order valence-electron chi connectivity index (χ0n) is 12.1. The van der Waals surface area contributed by atoms with E-state index in [1.54, 1.807) is 6.20 Å². The molecule has 0 amide bonds. The molecule has 0 aromatic carbocycles. The number of hydrogen-bond donors (Lipinski definition) is 1. The molecule has 0 unspecified atom stereocenters. The summed E-state index contributed by atoms with van der Waals surface area (Å²) >= 11 is 0. The van der Waals surface area contributed by atoms with Crippen LogP contribution in [0.2, 0.25) is 0 Å². The lowest BCUT2D eigenvalue weighted by atomic mass is 10.1. The first-order valence-electron chi connectivity index (χ1n) is 6.67. The molecule has 0 bridgehead atoms. The summed E-state index contributed by atoms with van der Waals surface area (Å²) in [4.78, 5) is 4.21. The first kappa shape index (κ1) is 13.8. The molecular weight excluding hydrogens is 240 g/mol. The van der Waals surface area contributed by atoms with Gasteiger partial charge in [0, 0.05) is 24.7 Å². The van der Waals surface area contributed by atoms with Gasteiger partial charge >= 0.3 is 0 Å². The molecule has 0 saturated carbocycles. The summed E-state index contributed by atoms with van der Waals surface area (Å²) in [6.07, 6.45) is 6.63. The van der Waals surface area contributed by atoms with Gasteiger partial charge in [-0.25, -0.2) is 4.98 Å². The fourth-order valence-electron chi connectivity index (χ4n) is 1.73. The molecule has 0 aliphatic carbocycles. The van der Waals surface area contributed by atoms with Gasteiger partial charge in [0.2, 0.25) is 5.89 Å². The van der Waals surface area contributed by atoms with Crippen LogP contribution in [-0.4, -0.2) is 14.8 Å². The van der Waals surface area contributed by atoms with Gasteiger partial charge in [-0.05, 0) is 20.8 Å². The molecule has 5 nitrogen and oxygen atoms in total. The van der Waals surface area contributed by atoms with Gasteiger partial charge < -0.3 is 9.73 Å². The molecule has 0 spiro atoms. The zero-order chi connectivity index (χ0) is 13.9. The SMILES string of the molecule is CCc1cnc(CNCc2cnn(C(C)(C)C)c2)o1. The van der Waals surface area contributed by atoms with Crippen LogP contribution in [0.1, 0.15) is 44.9 Å². The minimum absolute atomic E-state index is 0.0246. The summed E-state index contributed by atoms with van der Waals surface area (Å²) in [7, 11) is 0. The highest BCUT2D eigenvalue weighted by atomic mass is 16.4. The molecule has 2 rings (SSSR count). The molecule has 2 heterocycles. The first-order chi connectivity index (χ1) is 8.99. The number of oxazole rings is 1. The Balaban J connectivity index is 1.84. The van der Waals surface area contributed by atoms with E-state index in [1.807, 2.05) is 10.9 Å². The Bertz CT molecular complexity index is 522. The first-order valence-corrected chi connectivity index (χ1v) is 6.67. The highest BCUT2D eigenvalue weighted by molar-refractivity contribution is 5.05. The van der Waals surface area contributed by atoms with Crippen LogP contribution in [0.3, 0.4) is 0 Å². The van der Waals surface area contributed by atoms with Crippen LogP contribution >= 0.6 is 0 Å². The third-order valence-corrected chi connectivity index (χ3v) is 2.88. The standard InChI is InChI=1S/C14H22N4O/c1-5-12-8-16-13(19-12)9-15-6-11-7-17-18(10-11)14(2,3)4/h7-8,10,15H,5-6,9H2,1-4H3. The van der Waals surface area contributed by atoms with Crippen molar-refractivity contribution >= 4 is 0 Å². The van der Waals surface area contributed by atoms with Crippen molar-refractivity contribution in [1.29, 1.82) is 0 Å². The number of nitrogens with zero attached hydrogens (tertiary/aromatic N) is 3. The van der Waals surface area contributed by atoms with Gasteiger partial charge in [-0.2, -0.15) is 5.10 Å². The number of hydrogen-bond acceptors (Lipinski definition) is 4. The maximum Gasteiger partial charge on any atom is 0.208 e. The van der Waals surface area contributed by atoms with Crippen LogP contribution in [0, 0.1) is 0 Å². The normalized spacial score (nSPS) is 12.0. The van der Waals surface area contributed by atoms with E-state index in [4.69, 9.17) is 4.42 Å². The summed E-state index contributed by atoms with van der Waals surface area (Å²) in [5.74, 6) is 1.66. The molecule has 0 atom stereocenters. The van der Waals surface area contributed by atoms with E-state index < -0.39 is 0 Å². The Hall–Kier alpha value is -1.62. The Morgan fingerprint density at radius 1 is 1.26 bits per heavy atom. The van der Waals surface area contributed by atoms with Gasteiger partial charge in [-0.3, -0.25) is 4.68 Å². The Morgan fingerprint density at radius 2 is 2.05 bits per heavy atom. The van der Waals surface area contributed by atoms with Crippen molar-refractivity contribution < 1.29 is 4.42 Å². The minimum Gasteiger partial charge on any atom is -0.444 e. The van der Waals surface area contributed by atoms with Crippen molar-refractivity contribution in [2.45, 2.75) is 52.7 Å². The second-order valence-corrected chi connectivity index (χ2v) is 5.64. The number of nitrogens with one attached hydrogen (secondary N) is 1. The zero-order valence-corrected chi connectivity index (χ0v) is 12.1. The monoisotopic (exact) mass is 262 g/mol. The second-order valence-electron chi connectivity index (χ2n) is 5.64. The maximum atomic E-state index is 5.54. The number of aryl methyl sites for hydroxylation is 1. The van der Waals surface area contributed by atoms with Gasteiger partial charge in [-0.15, -0.1) is 0 Å². The molecule has 19 heavy (non-hydrogen) atoms. The van der Waals surface area contributed by atoms with E-state index >= 15 is 0 Å². The minimum atomic E-state index is 0.0246. The van der Waals surface area contributed by atoms with Crippen molar-refractivity contribution in [2.75, 3.05) is 0 Å². The van der Waals surface area contributed by atoms with Crippen molar-refractivity contribution in [3.63, 3.8) is 0 Å². The number of rotatable bonds is 5. The quantitative estimate of drug-likeness (QED) is 0.899. The Labute approximate surface area is 114 Å². The molecule has 2 aromatic heterocycles. The highest BCUT2D eigenvalue weighted by Gasteiger charge is 2.13. The van der Waals surface area contributed by atoms with Crippen LogP contribution in [0.15, 0.2) is 23.0 Å². The van der Waals surface area contributed by atoms with Crippen LogP contribution in [0.25, 0.3) is 0 Å². The Kier molecular flexibility index (Phi) is 4.04. The molecule has 2 aromatic rings. The summed E-state index contributed by atoms with van der Waals surface area (Å²) in [5, 5.41) is 7.68. The average molecular weight is 262 g/mol. The van der Waals surface area contributed by atoms with E-state index in [0.717, 1.165) is 30.2 Å². The summed E-state index contributed by atoms with van der Waals surface area (Å²) in [6, 6.07) is 0. The predicted octanol–water partition coefficient (Wildman–Crippen LogP) is 2.48. The van der Waals surface area contributed by atoms with Gasteiger partial charge in [0.15, 0.2) is 0 Å². The fraction of sp³-hybridized carbons (Fsp3) is 0.571. The summed E-state index contributed by atoms with van der Waals surface area (Å²) < 4.78 is 7.51. The van der Waals surface area contributed by atoms with Gasteiger partial charge in [0.25, 0.3) is 0 Å². The average Bonchev–Trinajstić information content (AvgIpc) is 2.96. The molecule has 1 N–H and O–H groups in total. The van der Waals surface area contributed by atoms with Crippen LogP contribution in [-0.2, 0) is 25.0 Å². The smallest absolute Gasteiger partial charge is 0.208 e. The molecule has 0 saturated heterocycles. The lowest BCUT2D eigenvalue weighted by molar-refractivity contribution is 0.355.